The summed E-state index contributed by atoms with van der Waals surface area (Å²) in [5.74, 6) is -1.01. The summed E-state index contributed by atoms with van der Waals surface area (Å²) < 4.78 is 1.41. The molecule has 106 valence electrons. The third kappa shape index (κ3) is 2.23. The smallest absolute Gasteiger partial charge is 0.308 e. The monoisotopic (exact) mass is 282 g/mol. The lowest BCUT2D eigenvalue weighted by molar-refractivity contribution is -0.136. The average molecular weight is 282 g/mol. The first-order chi connectivity index (χ1) is 10.1. The zero-order valence-electron chi connectivity index (χ0n) is 11.5. The normalized spacial score (nSPS) is 10.9. The second kappa shape index (κ2) is 4.94. The summed E-state index contributed by atoms with van der Waals surface area (Å²) in [6.45, 7) is 1.71. The van der Waals surface area contributed by atoms with Crippen LogP contribution in [0.3, 0.4) is 0 Å². The largest absolute Gasteiger partial charge is 0.481 e. The SMILES string of the molecule is Cc1[nH]n(-c2cccc3ccccc23)c(=O)c1CC(=O)O. The van der Waals surface area contributed by atoms with E-state index in [4.69, 9.17) is 5.11 Å². The summed E-state index contributed by atoms with van der Waals surface area (Å²) in [5, 5.41) is 13.8. The first kappa shape index (κ1) is 13.2. The highest BCUT2D eigenvalue weighted by Gasteiger charge is 2.16. The quantitative estimate of drug-likeness (QED) is 0.773. The second-order valence-electron chi connectivity index (χ2n) is 4.92. The van der Waals surface area contributed by atoms with Crippen molar-refractivity contribution >= 4 is 16.7 Å². The van der Waals surface area contributed by atoms with E-state index in [0.717, 1.165) is 16.5 Å². The van der Waals surface area contributed by atoms with Crippen LogP contribution in [0.25, 0.3) is 16.5 Å². The van der Waals surface area contributed by atoms with Gasteiger partial charge in [-0.3, -0.25) is 14.7 Å². The number of aromatic amines is 1. The van der Waals surface area contributed by atoms with Gasteiger partial charge in [0.25, 0.3) is 5.56 Å². The number of hydrogen-bond acceptors (Lipinski definition) is 2. The van der Waals surface area contributed by atoms with Gasteiger partial charge in [0.05, 0.1) is 17.7 Å². The molecule has 2 aromatic carbocycles. The maximum Gasteiger partial charge on any atom is 0.308 e. The molecule has 0 bridgehead atoms. The van der Waals surface area contributed by atoms with E-state index in [-0.39, 0.29) is 17.5 Å². The number of carbonyl (C=O) groups is 1. The second-order valence-corrected chi connectivity index (χ2v) is 4.92. The summed E-state index contributed by atoms with van der Waals surface area (Å²) in [5.41, 5.74) is 1.27. The Hall–Kier alpha value is -2.82. The highest BCUT2D eigenvalue weighted by Crippen LogP contribution is 2.21. The lowest BCUT2D eigenvalue weighted by Crippen LogP contribution is -2.19. The number of aromatic nitrogens is 2. The molecule has 0 fully saturated rings. The summed E-state index contributed by atoms with van der Waals surface area (Å²) in [6, 6.07) is 13.4. The molecule has 0 unspecified atom stereocenters. The van der Waals surface area contributed by atoms with Crippen LogP contribution < -0.4 is 5.56 Å². The Bertz CT molecular complexity index is 885. The van der Waals surface area contributed by atoms with E-state index in [1.165, 1.54) is 4.68 Å². The summed E-state index contributed by atoms with van der Waals surface area (Å²) in [6.07, 6.45) is -0.279. The zero-order valence-corrected chi connectivity index (χ0v) is 11.5. The van der Waals surface area contributed by atoms with Crippen molar-refractivity contribution in [3.63, 3.8) is 0 Å². The summed E-state index contributed by atoms with van der Waals surface area (Å²) in [4.78, 5) is 23.3. The summed E-state index contributed by atoms with van der Waals surface area (Å²) in [7, 11) is 0. The van der Waals surface area contributed by atoms with Crippen LogP contribution in [0.15, 0.2) is 47.3 Å². The van der Waals surface area contributed by atoms with Crippen molar-refractivity contribution in [1.29, 1.82) is 0 Å². The van der Waals surface area contributed by atoms with Gasteiger partial charge >= 0.3 is 5.97 Å². The first-order valence-corrected chi connectivity index (χ1v) is 6.58. The van der Waals surface area contributed by atoms with Crippen molar-refractivity contribution in [2.24, 2.45) is 0 Å². The van der Waals surface area contributed by atoms with Crippen LogP contribution in [0.5, 0.6) is 0 Å². The first-order valence-electron chi connectivity index (χ1n) is 6.58. The standard InChI is InChI=1S/C16H14N2O3/c1-10-13(9-15(19)20)16(21)18(17-10)14-8-4-6-11-5-2-3-7-12(11)14/h2-8,17H,9H2,1H3,(H,19,20). The Morgan fingerprint density at radius 2 is 1.90 bits per heavy atom. The number of H-pyrrole nitrogens is 1. The molecule has 0 spiro atoms. The predicted octanol–water partition coefficient (Wildman–Crippen LogP) is 2.25. The van der Waals surface area contributed by atoms with Crippen LogP contribution >= 0.6 is 0 Å². The Balaban J connectivity index is 2.25. The Kier molecular flexibility index (Phi) is 3.10. The van der Waals surface area contributed by atoms with E-state index in [1.54, 1.807) is 6.92 Å². The number of fused-ring (bicyclic) bond motifs is 1. The fraction of sp³-hybridized carbons (Fsp3) is 0.125. The van der Waals surface area contributed by atoms with Gasteiger partial charge in [-0.25, -0.2) is 4.68 Å². The van der Waals surface area contributed by atoms with E-state index < -0.39 is 5.97 Å². The highest BCUT2D eigenvalue weighted by atomic mass is 16.4. The van der Waals surface area contributed by atoms with Gasteiger partial charge < -0.3 is 5.11 Å². The number of aryl methyl sites for hydroxylation is 1. The maximum atomic E-state index is 12.4. The van der Waals surface area contributed by atoms with Crippen LogP contribution in [0.4, 0.5) is 0 Å². The van der Waals surface area contributed by atoms with Gasteiger partial charge in [0, 0.05) is 11.1 Å². The van der Waals surface area contributed by atoms with E-state index in [1.807, 2.05) is 42.5 Å². The molecular formula is C16H14N2O3. The number of carboxylic acids is 1. The number of nitrogens with one attached hydrogen (secondary N) is 1. The van der Waals surface area contributed by atoms with E-state index in [9.17, 15) is 9.59 Å². The highest BCUT2D eigenvalue weighted by molar-refractivity contribution is 5.90. The fourth-order valence-corrected chi connectivity index (χ4v) is 2.51. The fourth-order valence-electron chi connectivity index (χ4n) is 2.51. The molecule has 21 heavy (non-hydrogen) atoms. The molecule has 0 radical (unpaired) electrons. The molecule has 0 saturated carbocycles. The molecule has 0 aliphatic rings. The molecule has 1 heterocycles. The Morgan fingerprint density at radius 1 is 1.19 bits per heavy atom. The Morgan fingerprint density at radius 3 is 2.67 bits per heavy atom. The van der Waals surface area contributed by atoms with E-state index >= 15 is 0 Å². The number of benzene rings is 2. The molecule has 0 aliphatic carbocycles. The lowest BCUT2D eigenvalue weighted by Gasteiger charge is -2.06. The molecular weight excluding hydrogens is 268 g/mol. The number of nitrogens with zero attached hydrogens (tertiary/aromatic N) is 1. The van der Waals surface area contributed by atoms with Crippen LogP contribution in [0, 0.1) is 6.92 Å². The van der Waals surface area contributed by atoms with Gasteiger partial charge in [-0.2, -0.15) is 0 Å². The van der Waals surface area contributed by atoms with Gasteiger partial charge in [-0.05, 0) is 18.4 Å². The average Bonchev–Trinajstić information content (AvgIpc) is 2.74. The van der Waals surface area contributed by atoms with Gasteiger partial charge in [0.15, 0.2) is 0 Å². The molecule has 0 saturated heterocycles. The van der Waals surface area contributed by atoms with Gasteiger partial charge in [-0.15, -0.1) is 0 Å². The van der Waals surface area contributed by atoms with Crippen molar-refractivity contribution < 1.29 is 9.90 Å². The van der Waals surface area contributed by atoms with Crippen LogP contribution in [-0.2, 0) is 11.2 Å². The predicted molar refractivity (Wildman–Crippen MR) is 80.0 cm³/mol. The van der Waals surface area contributed by atoms with Crippen molar-refractivity contribution in [2.45, 2.75) is 13.3 Å². The minimum atomic E-state index is -1.01. The van der Waals surface area contributed by atoms with Crippen LogP contribution in [0.2, 0.25) is 0 Å². The number of aliphatic carboxylic acids is 1. The Labute approximate surface area is 120 Å². The molecule has 0 amide bonds. The van der Waals surface area contributed by atoms with Crippen molar-refractivity contribution in [2.75, 3.05) is 0 Å². The topological polar surface area (TPSA) is 75.1 Å². The van der Waals surface area contributed by atoms with Crippen molar-refractivity contribution in [3.8, 4) is 5.69 Å². The number of rotatable bonds is 3. The molecule has 0 aliphatic heterocycles. The van der Waals surface area contributed by atoms with Crippen molar-refractivity contribution in [3.05, 3.63) is 64.1 Å². The molecule has 5 heteroatoms. The van der Waals surface area contributed by atoms with Crippen LogP contribution in [-0.4, -0.2) is 20.9 Å². The third-order valence-electron chi connectivity index (χ3n) is 3.53. The zero-order chi connectivity index (χ0) is 15.0. The minimum absolute atomic E-state index is 0.279. The van der Waals surface area contributed by atoms with Gasteiger partial charge in [0.2, 0.25) is 0 Å². The molecule has 3 rings (SSSR count). The summed E-state index contributed by atoms with van der Waals surface area (Å²) >= 11 is 0. The van der Waals surface area contributed by atoms with E-state index in [2.05, 4.69) is 5.10 Å². The number of carboxylic acid groups (broad SMARTS) is 1. The third-order valence-corrected chi connectivity index (χ3v) is 3.53. The molecule has 0 atom stereocenters. The lowest BCUT2D eigenvalue weighted by atomic mass is 10.1. The minimum Gasteiger partial charge on any atom is -0.481 e. The molecule has 1 aromatic heterocycles. The number of hydrogen-bond donors (Lipinski definition) is 2. The molecule has 3 aromatic rings. The molecule has 2 N–H and O–H groups in total. The van der Waals surface area contributed by atoms with Gasteiger partial charge in [0.1, 0.15) is 0 Å². The van der Waals surface area contributed by atoms with E-state index in [0.29, 0.717) is 5.69 Å². The maximum absolute atomic E-state index is 12.4. The van der Waals surface area contributed by atoms with Crippen LogP contribution in [0.1, 0.15) is 11.3 Å². The van der Waals surface area contributed by atoms with Gasteiger partial charge in [-0.1, -0.05) is 36.4 Å². The molecule has 5 nitrogen and oxygen atoms in total. The van der Waals surface area contributed by atoms with Crippen molar-refractivity contribution in [1.82, 2.24) is 9.78 Å².